The molecule has 3 aromatic rings. The Kier molecular flexibility index (Phi) is 5.46. The Morgan fingerprint density at radius 1 is 1.17 bits per heavy atom. The summed E-state index contributed by atoms with van der Waals surface area (Å²) in [5.41, 5.74) is 0.0386. The van der Waals surface area contributed by atoms with Gasteiger partial charge in [0.15, 0.2) is 0 Å². The van der Waals surface area contributed by atoms with E-state index in [0.29, 0.717) is 39.9 Å². The molecule has 1 atom stereocenters. The van der Waals surface area contributed by atoms with Crippen LogP contribution in [0.1, 0.15) is 46.4 Å². The van der Waals surface area contributed by atoms with Crippen molar-refractivity contribution in [2.45, 2.75) is 31.5 Å². The van der Waals surface area contributed by atoms with Gasteiger partial charge >= 0.3 is 6.18 Å². The molecule has 0 spiro atoms. The quantitative estimate of drug-likeness (QED) is 0.536. The van der Waals surface area contributed by atoms with Crippen LogP contribution in [-0.2, 0) is 12.6 Å². The van der Waals surface area contributed by atoms with Crippen molar-refractivity contribution in [3.63, 3.8) is 0 Å². The molecule has 30 heavy (non-hydrogen) atoms. The predicted octanol–water partition coefficient (Wildman–Crippen LogP) is 5.87. The van der Waals surface area contributed by atoms with E-state index >= 15 is 0 Å². The molecule has 0 aliphatic heterocycles. The van der Waals surface area contributed by atoms with Gasteiger partial charge in [0.2, 0.25) is 5.89 Å². The summed E-state index contributed by atoms with van der Waals surface area (Å²) in [6.07, 6.45) is -1.57. The minimum atomic E-state index is -4.57. The number of nitrogens with zero attached hydrogens (tertiary/aromatic N) is 2. The van der Waals surface area contributed by atoms with E-state index in [-0.39, 0.29) is 11.5 Å². The van der Waals surface area contributed by atoms with E-state index in [1.807, 2.05) is 0 Å². The van der Waals surface area contributed by atoms with Crippen molar-refractivity contribution < 1.29 is 22.4 Å². The molecule has 156 valence electrons. The van der Waals surface area contributed by atoms with Gasteiger partial charge in [0.05, 0.1) is 11.7 Å². The molecule has 1 unspecified atom stereocenters. The van der Waals surface area contributed by atoms with E-state index in [9.17, 15) is 18.0 Å². The molecule has 0 saturated carbocycles. The van der Waals surface area contributed by atoms with Gasteiger partial charge in [-0.25, -0.2) is 4.98 Å². The van der Waals surface area contributed by atoms with Crippen LogP contribution in [0.4, 0.5) is 13.2 Å². The van der Waals surface area contributed by atoms with Gasteiger partial charge in [-0.05, 0) is 49.6 Å². The molecule has 0 saturated heterocycles. The predicted molar refractivity (Wildman–Crippen MR) is 104 cm³/mol. The number of aromatic nitrogens is 2. The second-order valence-electron chi connectivity index (χ2n) is 6.83. The van der Waals surface area contributed by atoms with Crippen molar-refractivity contribution in [1.29, 1.82) is 0 Å². The van der Waals surface area contributed by atoms with E-state index < -0.39 is 23.8 Å². The molecule has 2 aromatic heterocycles. The van der Waals surface area contributed by atoms with Crippen LogP contribution >= 0.6 is 23.2 Å². The molecule has 4 rings (SSSR count). The third-order valence-electron chi connectivity index (χ3n) is 4.68. The van der Waals surface area contributed by atoms with Gasteiger partial charge < -0.3 is 9.73 Å². The van der Waals surface area contributed by atoms with Crippen molar-refractivity contribution in [2.75, 3.05) is 0 Å². The lowest BCUT2D eigenvalue weighted by molar-refractivity contribution is -0.141. The Morgan fingerprint density at radius 3 is 2.60 bits per heavy atom. The lowest BCUT2D eigenvalue weighted by atomic mass is 9.96. The summed E-state index contributed by atoms with van der Waals surface area (Å²) in [5, 5.41) is 3.53. The van der Waals surface area contributed by atoms with Gasteiger partial charge in [-0.3, -0.25) is 9.78 Å². The summed E-state index contributed by atoms with van der Waals surface area (Å²) in [6.45, 7) is 0. The second kappa shape index (κ2) is 7.92. The molecule has 0 fully saturated rings. The zero-order chi connectivity index (χ0) is 21.5. The van der Waals surface area contributed by atoms with Gasteiger partial charge in [-0.1, -0.05) is 23.2 Å². The molecule has 1 aliphatic carbocycles. The van der Waals surface area contributed by atoms with Crippen molar-refractivity contribution in [2.24, 2.45) is 0 Å². The zero-order valence-electron chi connectivity index (χ0n) is 15.3. The molecule has 5 nitrogen and oxygen atoms in total. The first-order chi connectivity index (χ1) is 14.2. The maximum Gasteiger partial charge on any atom is 0.433 e. The number of hydrogen-bond acceptors (Lipinski definition) is 4. The molecule has 1 amide bonds. The van der Waals surface area contributed by atoms with Crippen LogP contribution in [-0.4, -0.2) is 15.9 Å². The summed E-state index contributed by atoms with van der Waals surface area (Å²) in [5.74, 6) is 0.0985. The molecule has 0 bridgehead atoms. The van der Waals surface area contributed by atoms with E-state index in [1.54, 1.807) is 0 Å². The van der Waals surface area contributed by atoms with Gasteiger partial charge in [-0.15, -0.1) is 0 Å². The third kappa shape index (κ3) is 4.29. The fraction of sp³-hybridized carbons (Fsp3) is 0.250. The van der Waals surface area contributed by atoms with Gasteiger partial charge in [0, 0.05) is 27.4 Å². The van der Waals surface area contributed by atoms with Crippen molar-refractivity contribution in [3.05, 3.63) is 69.3 Å². The number of halogens is 5. The monoisotopic (exact) mass is 455 g/mol. The Bertz CT molecular complexity index is 1090. The van der Waals surface area contributed by atoms with Crippen molar-refractivity contribution >= 4 is 29.1 Å². The fourth-order valence-corrected chi connectivity index (χ4v) is 3.85. The van der Waals surface area contributed by atoms with E-state index in [0.717, 1.165) is 18.7 Å². The SMILES string of the molecule is O=C(NC1CCCc2nc(-c3ccnc(C(F)(F)F)c3)oc21)c1cc(Cl)cc(Cl)c1. The van der Waals surface area contributed by atoms with Crippen LogP contribution in [0.15, 0.2) is 40.9 Å². The Balaban J connectivity index is 1.61. The number of amides is 1. The summed E-state index contributed by atoms with van der Waals surface area (Å²) >= 11 is 11.9. The highest BCUT2D eigenvalue weighted by Gasteiger charge is 2.33. The van der Waals surface area contributed by atoms with Gasteiger partial charge in [0.1, 0.15) is 11.5 Å². The first kappa shape index (κ1) is 20.7. The highest BCUT2D eigenvalue weighted by molar-refractivity contribution is 6.35. The molecule has 0 radical (unpaired) electrons. The summed E-state index contributed by atoms with van der Waals surface area (Å²) in [6, 6.07) is 6.32. The average Bonchev–Trinajstić information content (AvgIpc) is 3.12. The van der Waals surface area contributed by atoms with Gasteiger partial charge in [-0.2, -0.15) is 13.2 Å². The van der Waals surface area contributed by atoms with E-state index in [2.05, 4.69) is 15.3 Å². The Labute approximate surface area is 179 Å². The first-order valence-electron chi connectivity index (χ1n) is 9.01. The van der Waals surface area contributed by atoms with Crippen LogP contribution in [0.2, 0.25) is 10.0 Å². The number of carbonyl (C=O) groups is 1. The number of rotatable bonds is 3. The van der Waals surface area contributed by atoms with Crippen LogP contribution in [0, 0.1) is 0 Å². The maximum absolute atomic E-state index is 13.0. The normalized spacial score (nSPS) is 16.2. The summed E-state index contributed by atoms with van der Waals surface area (Å²) in [7, 11) is 0. The van der Waals surface area contributed by atoms with Crippen LogP contribution in [0.5, 0.6) is 0 Å². The molecule has 1 N–H and O–H groups in total. The maximum atomic E-state index is 13.0. The van der Waals surface area contributed by atoms with Crippen LogP contribution < -0.4 is 5.32 Å². The first-order valence-corrected chi connectivity index (χ1v) is 9.76. The minimum Gasteiger partial charge on any atom is -0.439 e. The Morgan fingerprint density at radius 2 is 1.90 bits per heavy atom. The summed E-state index contributed by atoms with van der Waals surface area (Å²) in [4.78, 5) is 20.3. The largest absolute Gasteiger partial charge is 0.439 e. The van der Waals surface area contributed by atoms with Gasteiger partial charge in [0.25, 0.3) is 5.91 Å². The Hall–Kier alpha value is -2.58. The number of oxazole rings is 1. The molecule has 1 aromatic carbocycles. The minimum absolute atomic E-state index is 0.0554. The van der Waals surface area contributed by atoms with Crippen molar-refractivity contribution in [3.8, 4) is 11.5 Å². The molecule has 2 heterocycles. The number of benzene rings is 1. The summed E-state index contributed by atoms with van der Waals surface area (Å²) < 4.78 is 44.6. The van der Waals surface area contributed by atoms with E-state index in [4.69, 9.17) is 27.6 Å². The molecular formula is C20H14Cl2F3N3O2. The lowest BCUT2D eigenvalue weighted by Crippen LogP contribution is -2.30. The number of nitrogens with one attached hydrogen (secondary N) is 1. The second-order valence-corrected chi connectivity index (χ2v) is 7.71. The van der Waals surface area contributed by atoms with Crippen molar-refractivity contribution in [1.82, 2.24) is 15.3 Å². The lowest BCUT2D eigenvalue weighted by Gasteiger charge is -2.21. The standard InChI is InChI=1S/C20H14Cl2F3N3O2/c21-12-6-11(7-13(22)9-12)18(29)27-14-2-1-3-15-17(14)30-19(28-15)10-4-5-26-16(8-10)20(23,24)25/h4-9,14H,1-3H2,(H,27,29). The molecule has 1 aliphatic rings. The zero-order valence-corrected chi connectivity index (χ0v) is 16.8. The fourth-order valence-electron chi connectivity index (χ4n) is 3.33. The number of hydrogen-bond donors (Lipinski definition) is 1. The third-order valence-corrected chi connectivity index (χ3v) is 5.11. The number of aryl methyl sites for hydroxylation is 1. The number of alkyl halides is 3. The average molecular weight is 456 g/mol. The number of fused-ring (bicyclic) bond motifs is 1. The van der Waals surface area contributed by atoms with E-state index in [1.165, 1.54) is 24.3 Å². The smallest absolute Gasteiger partial charge is 0.433 e. The highest BCUT2D eigenvalue weighted by atomic mass is 35.5. The highest BCUT2D eigenvalue weighted by Crippen LogP contribution is 2.35. The molecule has 10 heteroatoms. The van der Waals surface area contributed by atoms with Crippen LogP contribution in [0.25, 0.3) is 11.5 Å². The topological polar surface area (TPSA) is 68.0 Å². The number of carbonyl (C=O) groups excluding carboxylic acids is 1. The molecular weight excluding hydrogens is 442 g/mol. The number of pyridine rings is 1. The van der Waals surface area contributed by atoms with Crippen LogP contribution in [0.3, 0.4) is 0 Å².